The van der Waals surface area contributed by atoms with Gasteiger partial charge in [-0.3, -0.25) is 4.79 Å². The second-order valence-electron chi connectivity index (χ2n) is 4.07. The van der Waals surface area contributed by atoms with Gasteiger partial charge in [-0.2, -0.15) is 0 Å². The van der Waals surface area contributed by atoms with E-state index < -0.39 is 11.7 Å². The number of hydrogen-bond acceptors (Lipinski definition) is 2. The summed E-state index contributed by atoms with van der Waals surface area (Å²) in [4.78, 5) is 11.3. The lowest BCUT2D eigenvalue weighted by Crippen LogP contribution is -2.12. The molecule has 0 fully saturated rings. The number of ether oxygens (including phenoxy) is 1. The minimum absolute atomic E-state index is 0.256. The molecule has 2 aromatic carbocycles. The summed E-state index contributed by atoms with van der Waals surface area (Å²) in [5.41, 5.74) is 6.44. The van der Waals surface area contributed by atoms with E-state index in [0.29, 0.717) is 16.0 Å². The van der Waals surface area contributed by atoms with Crippen molar-refractivity contribution >= 4 is 21.8 Å². The topological polar surface area (TPSA) is 52.3 Å². The van der Waals surface area contributed by atoms with E-state index in [1.54, 1.807) is 24.3 Å². The Bertz CT molecular complexity index is 623. The third-order valence-corrected chi connectivity index (χ3v) is 2.92. The summed E-state index contributed by atoms with van der Waals surface area (Å²) >= 11 is 3.18. The van der Waals surface area contributed by atoms with Gasteiger partial charge in [-0.05, 0) is 36.8 Å². The highest BCUT2D eigenvalue weighted by atomic mass is 79.9. The third kappa shape index (κ3) is 3.32. The van der Waals surface area contributed by atoms with Crippen LogP contribution in [0.1, 0.15) is 15.9 Å². The van der Waals surface area contributed by atoms with Gasteiger partial charge in [-0.15, -0.1) is 0 Å². The first-order chi connectivity index (χ1) is 8.95. The van der Waals surface area contributed by atoms with Crippen molar-refractivity contribution in [3.63, 3.8) is 0 Å². The van der Waals surface area contributed by atoms with E-state index in [0.717, 1.165) is 5.56 Å². The van der Waals surface area contributed by atoms with Crippen LogP contribution >= 0.6 is 15.9 Å². The van der Waals surface area contributed by atoms with Crippen LogP contribution in [-0.2, 0) is 0 Å². The number of aryl methyl sites for hydroxylation is 1. The summed E-state index contributed by atoms with van der Waals surface area (Å²) in [6, 6.07) is 9.18. The molecular weight excluding hydrogens is 313 g/mol. The number of hydrogen-bond donors (Lipinski definition) is 1. The summed E-state index contributed by atoms with van der Waals surface area (Å²) in [5.74, 6) is -0.423. The van der Waals surface area contributed by atoms with E-state index in [9.17, 15) is 9.18 Å². The van der Waals surface area contributed by atoms with E-state index in [-0.39, 0.29) is 5.56 Å². The van der Waals surface area contributed by atoms with Crippen LogP contribution in [0.2, 0.25) is 0 Å². The lowest BCUT2D eigenvalue weighted by Gasteiger charge is -2.10. The van der Waals surface area contributed by atoms with Gasteiger partial charge in [0.05, 0.1) is 5.56 Å². The molecule has 0 heterocycles. The molecule has 0 aliphatic heterocycles. The molecule has 0 saturated carbocycles. The third-order valence-electron chi connectivity index (χ3n) is 2.47. The standard InChI is InChI=1S/C14H11BrFNO2/c1-8-2-3-12(14(17)18)13(4-8)19-11-6-9(15)5-10(16)7-11/h2-7H,1H3,(H2,17,18). The van der Waals surface area contributed by atoms with E-state index in [1.807, 2.05) is 6.92 Å². The minimum Gasteiger partial charge on any atom is -0.456 e. The van der Waals surface area contributed by atoms with Crippen LogP contribution in [0.25, 0.3) is 0 Å². The van der Waals surface area contributed by atoms with E-state index >= 15 is 0 Å². The van der Waals surface area contributed by atoms with Crippen LogP contribution in [0, 0.1) is 12.7 Å². The zero-order valence-corrected chi connectivity index (χ0v) is 11.7. The predicted molar refractivity (Wildman–Crippen MR) is 73.9 cm³/mol. The fourth-order valence-corrected chi connectivity index (χ4v) is 2.08. The largest absolute Gasteiger partial charge is 0.456 e. The van der Waals surface area contributed by atoms with Gasteiger partial charge in [0, 0.05) is 10.5 Å². The maximum Gasteiger partial charge on any atom is 0.252 e. The van der Waals surface area contributed by atoms with Crippen molar-refractivity contribution in [2.45, 2.75) is 6.92 Å². The van der Waals surface area contributed by atoms with E-state index in [4.69, 9.17) is 10.5 Å². The molecule has 1 amide bonds. The van der Waals surface area contributed by atoms with Crippen LogP contribution < -0.4 is 10.5 Å². The highest BCUT2D eigenvalue weighted by Gasteiger charge is 2.11. The van der Waals surface area contributed by atoms with Gasteiger partial charge in [0.1, 0.15) is 17.3 Å². The molecule has 98 valence electrons. The SMILES string of the molecule is Cc1ccc(C(N)=O)c(Oc2cc(F)cc(Br)c2)c1. The Hall–Kier alpha value is -1.88. The Kier molecular flexibility index (Phi) is 3.85. The maximum absolute atomic E-state index is 13.3. The van der Waals surface area contributed by atoms with Crippen LogP contribution in [0.5, 0.6) is 11.5 Å². The number of primary amides is 1. The normalized spacial score (nSPS) is 10.3. The van der Waals surface area contributed by atoms with Gasteiger partial charge < -0.3 is 10.5 Å². The van der Waals surface area contributed by atoms with E-state index in [1.165, 1.54) is 12.1 Å². The van der Waals surface area contributed by atoms with Crippen LogP contribution in [0.4, 0.5) is 4.39 Å². The van der Waals surface area contributed by atoms with E-state index in [2.05, 4.69) is 15.9 Å². The van der Waals surface area contributed by atoms with Crippen molar-refractivity contribution in [3.8, 4) is 11.5 Å². The van der Waals surface area contributed by atoms with Gasteiger partial charge >= 0.3 is 0 Å². The second-order valence-corrected chi connectivity index (χ2v) is 4.99. The second kappa shape index (κ2) is 5.40. The molecule has 0 aromatic heterocycles. The van der Waals surface area contributed by atoms with Crippen molar-refractivity contribution in [2.75, 3.05) is 0 Å². The molecule has 0 atom stereocenters. The number of nitrogens with two attached hydrogens (primary N) is 1. The van der Waals surface area contributed by atoms with Crippen molar-refractivity contribution < 1.29 is 13.9 Å². The lowest BCUT2D eigenvalue weighted by atomic mass is 10.1. The maximum atomic E-state index is 13.3. The molecule has 0 radical (unpaired) electrons. The van der Waals surface area contributed by atoms with Crippen LogP contribution in [0.3, 0.4) is 0 Å². The van der Waals surface area contributed by atoms with Gasteiger partial charge in [0.15, 0.2) is 0 Å². The summed E-state index contributed by atoms with van der Waals surface area (Å²) in [7, 11) is 0. The van der Waals surface area contributed by atoms with Crippen molar-refractivity contribution in [2.24, 2.45) is 5.73 Å². The fourth-order valence-electron chi connectivity index (χ4n) is 1.63. The minimum atomic E-state index is -0.592. The first-order valence-electron chi connectivity index (χ1n) is 5.50. The smallest absolute Gasteiger partial charge is 0.252 e. The Morgan fingerprint density at radius 2 is 2.00 bits per heavy atom. The zero-order valence-electron chi connectivity index (χ0n) is 10.1. The fraction of sp³-hybridized carbons (Fsp3) is 0.0714. The summed E-state index contributed by atoms with van der Waals surface area (Å²) < 4.78 is 19.4. The first-order valence-corrected chi connectivity index (χ1v) is 6.29. The highest BCUT2D eigenvalue weighted by molar-refractivity contribution is 9.10. The molecule has 0 unspecified atom stereocenters. The summed E-state index contributed by atoms with van der Waals surface area (Å²) in [5, 5.41) is 0. The summed E-state index contributed by atoms with van der Waals surface area (Å²) in [6.45, 7) is 1.86. The molecule has 0 bridgehead atoms. The number of amides is 1. The van der Waals surface area contributed by atoms with Gasteiger partial charge in [0.25, 0.3) is 5.91 Å². The molecule has 0 aliphatic rings. The lowest BCUT2D eigenvalue weighted by molar-refractivity contribution is 0.0998. The molecule has 2 N–H and O–H groups in total. The first kappa shape index (κ1) is 13.5. The number of carbonyl (C=O) groups excluding carboxylic acids is 1. The van der Waals surface area contributed by atoms with Crippen LogP contribution in [0.15, 0.2) is 40.9 Å². The Labute approximate surface area is 118 Å². The Morgan fingerprint density at radius 3 is 2.63 bits per heavy atom. The monoisotopic (exact) mass is 323 g/mol. The quantitative estimate of drug-likeness (QED) is 0.934. The van der Waals surface area contributed by atoms with Gasteiger partial charge in [0.2, 0.25) is 0 Å². The van der Waals surface area contributed by atoms with Crippen molar-refractivity contribution in [3.05, 3.63) is 57.8 Å². The Morgan fingerprint density at radius 1 is 1.26 bits per heavy atom. The number of rotatable bonds is 3. The molecule has 5 heteroatoms. The molecule has 2 rings (SSSR count). The molecule has 3 nitrogen and oxygen atoms in total. The Balaban J connectivity index is 2.42. The number of carbonyl (C=O) groups is 1. The number of benzene rings is 2. The van der Waals surface area contributed by atoms with Crippen molar-refractivity contribution in [1.82, 2.24) is 0 Å². The molecule has 0 spiro atoms. The molecular formula is C14H11BrFNO2. The molecule has 19 heavy (non-hydrogen) atoms. The zero-order chi connectivity index (χ0) is 14.0. The highest BCUT2D eigenvalue weighted by Crippen LogP contribution is 2.29. The van der Waals surface area contributed by atoms with Gasteiger partial charge in [-0.1, -0.05) is 22.0 Å². The number of halogens is 2. The molecule has 2 aromatic rings. The summed E-state index contributed by atoms with van der Waals surface area (Å²) in [6.07, 6.45) is 0. The van der Waals surface area contributed by atoms with Gasteiger partial charge in [-0.25, -0.2) is 4.39 Å². The molecule has 0 aliphatic carbocycles. The average molecular weight is 324 g/mol. The predicted octanol–water partition coefficient (Wildman–Crippen LogP) is 3.79. The average Bonchev–Trinajstić information content (AvgIpc) is 2.26. The van der Waals surface area contributed by atoms with Crippen LogP contribution in [-0.4, -0.2) is 5.91 Å². The van der Waals surface area contributed by atoms with Crippen molar-refractivity contribution in [1.29, 1.82) is 0 Å². The molecule has 0 saturated heterocycles.